The Balaban J connectivity index is 2.42. The highest BCUT2D eigenvalue weighted by molar-refractivity contribution is 5.81. The zero-order valence-electron chi connectivity index (χ0n) is 10.4. The van der Waals surface area contributed by atoms with Crippen LogP contribution in [0.1, 0.15) is 39.5 Å². The molecule has 1 heterocycles. The molecule has 0 aromatic rings. The van der Waals surface area contributed by atoms with E-state index in [4.69, 9.17) is 10.5 Å². The largest absolute Gasteiger partial charge is 0.364 e. The highest BCUT2D eigenvalue weighted by atomic mass is 16.5. The van der Waals surface area contributed by atoms with Crippen LogP contribution in [-0.2, 0) is 9.53 Å². The molecule has 2 N–H and O–H groups in total. The Kier molecular flexibility index (Phi) is 5.77. The lowest BCUT2D eigenvalue weighted by molar-refractivity contribution is -0.142. The molecular weight excluding hydrogens is 204 g/mol. The fraction of sp³-hybridized carbons (Fsp3) is 0.917. The van der Waals surface area contributed by atoms with Gasteiger partial charge in [0, 0.05) is 19.6 Å². The predicted molar refractivity (Wildman–Crippen MR) is 64.1 cm³/mol. The third kappa shape index (κ3) is 3.46. The van der Waals surface area contributed by atoms with Crippen molar-refractivity contribution in [3.05, 3.63) is 0 Å². The molecule has 1 aliphatic heterocycles. The number of hydrogen-bond donors (Lipinski definition) is 1. The highest BCUT2D eigenvalue weighted by Gasteiger charge is 2.32. The summed E-state index contributed by atoms with van der Waals surface area (Å²) in [6.07, 6.45) is 3.75. The summed E-state index contributed by atoms with van der Waals surface area (Å²) in [6, 6.07) is 0. The minimum Gasteiger partial charge on any atom is -0.364 e. The van der Waals surface area contributed by atoms with Crippen molar-refractivity contribution in [2.75, 3.05) is 19.6 Å². The Hall–Kier alpha value is -0.610. The van der Waals surface area contributed by atoms with Crippen molar-refractivity contribution in [3.8, 4) is 0 Å². The Morgan fingerprint density at radius 1 is 1.44 bits per heavy atom. The zero-order chi connectivity index (χ0) is 12.0. The molecule has 94 valence electrons. The van der Waals surface area contributed by atoms with Gasteiger partial charge in [-0.25, -0.2) is 0 Å². The van der Waals surface area contributed by atoms with E-state index in [2.05, 4.69) is 6.92 Å². The van der Waals surface area contributed by atoms with Gasteiger partial charge in [-0.05, 0) is 26.2 Å². The van der Waals surface area contributed by atoms with Crippen molar-refractivity contribution in [1.82, 2.24) is 4.90 Å². The van der Waals surface area contributed by atoms with Crippen LogP contribution >= 0.6 is 0 Å². The lowest BCUT2D eigenvalue weighted by Crippen LogP contribution is -2.40. The number of likely N-dealkylation sites (N-methyl/N-ethyl adjacent to an activating group) is 1. The summed E-state index contributed by atoms with van der Waals surface area (Å²) in [5.74, 6) is 0.145. The molecule has 0 bridgehead atoms. The van der Waals surface area contributed by atoms with Gasteiger partial charge in [-0.1, -0.05) is 13.3 Å². The van der Waals surface area contributed by atoms with E-state index in [0.29, 0.717) is 6.54 Å². The number of carbonyl (C=O) groups is 1. The van der Waals surface area contributed by atoms with Gasteiger partial charge in [-0.3, -0.25) is 4.79 Å². The molecule has 16 heavy (non-hydrogen) atoms. The molecule has 0 aliphatic carbocycles. The van der Waals surface area contributed by atoms with E-state index >= 15 is 0 Å². The van der Waals surface area contributed by atoms with E-state index in [0.717, 1.165) is 38.8 Å². The van der Waals surface area contributed by atoms with Crippen LogP contribution in [0.3, 0.4) is 0 Å². The molecule has 0 aromatic carbocycles. The summed E-state index contributed by atoms with van der Waals surface area (Å²) in [6.45, 7) is 6.29. The van der Waals surface area contributed by atoms with Gasteiger partial charge >= 0.3 is 0 Å². The maximum absolute atomic E-state index is 12.1. The van der Waals surface area contributed by atoms with Crippen LogP contribution < -0.4 is 5.73 Å². The van der Waals surface area contributed by atoms with E-state index in [1.807, 2.05) is 11.8 Å². The minimum absolute atomic E-state index is 0.0823. The Bertz CT molecular complexity index is 217. The van der Waals surface area contributed by atoms with Crippen LogP contribution in [0.25, 0.3) is 0 Å². The van der Waals surface area contributed by atoms with Crippen LogP contribution in [0.2, 0.25) is 0 Å². The second-order valence-electron chi connectivity index (χ2n) is 4.33. The molecule has 1 fully saturated rings. The van der Waals surface area contributed by atoms with Crippen molar-refractivity contribution in [2.24, 2.45) is 5.73 Å². The van der Waals surface area contributed by atoms with E-state index in [1.165, 1.54) is 0 Å². The first kappa shape index (κ1) is 13.5. The van der Waals surface area contributed by atoms with Crippen LogP contribution in [0.4, 0.5) is 0 Å². The van der Waals surface area contributed by atoms with Gasteiger partial charge < -0.3 is 15.4 Å². The SMILES string of the molecule is CCCCN(CC)C(=O)C1CCC(CN)O1. The molecule has 0 radical (unpaired) electrons. The van der Waals surface area contributed by atoms with Gasteiger partial charge in [-0.15, -0.1) is 0 Å². The molecule has 4 heteroatoms. The van der Waals surface area contributed by atoms with Gasteiger partial charge in [0.05, 0.1) is 6.10 Å². The summed E-state index contributed by atoms with van der Waals surface area (Å²) in [5.41, 5.74) is 5.54. The molecule has 1 rings (SSSR count). The molecule has 2 unspecified atom stereocenters. The van der Waals surface area contributed by atoms with E-state index in [9.17, 15) is 4.79 Å². The quantitative estimate of drug-likeness (QED) is 0.741. The Labute approximate surface area is 98.1 Å². The molecular formula is C12H24N2O2. The number of unbranched alkanes of at least 4 members (excludes halogenated alkanes) is 1. The second-order valence-corrected chi connectivity index (χ2v) is 4.33. The summed E-state index contributed by atoms with van der Waals surface area (Å²) < 4.78 is 5.62. The van der Waals surface area contributed by atoms with E-state index in [1.54, 1.807) is 0 Å². The highest BCUT2D eigenvalue weighted by Crippen LogP contribution is 2.20. The van der Waals surface area contributed by atoms with Crippen molar-refractivity contribution in [1.29, 1.82) is 0 Å². The van der Waals surface area contributed by atoms with Crippen molar-refractivity contribution in [3.63, 3.8) is 0 Å². The van der Waals surface area contributed by atoms with Gasteiger partial charge in [-0.2, -0.15) is 0 Å². The molecule has 1 aliphatic rings. The van der Waals surface area contributed by atoms with Crippen LogP contribution in [-0.4, -0.2) is 42.6 Å². The van der Waals surface area contributed by atoms with Gasteiger partial charge in [0.15, 0.2) is 0 Å². The smallest absolute Gasteiger partial charge is 0.251 e. The number of hydrogen-bond acceptors (Lipinski definition) is 3. The summed E-state index contributed by atoms with van der Waals surface area (Å²) in [4.78, 5) is 14.0. The third-order valence-corrected chi connectivity index (χ3v) is 3.12. The number of nitrogens with zero attached hydrogens (tertiary/aromatic N) is 1. The van der Waals surface area contributed by atoms with Crippen LogP contribution in [0.5, 0.6) is 0 Å². The van der Waals surface area contributed by atoms with Gasteiger partial charge in [0.25, 0.3) is 5.91 Å². The van der Waals surface area contributed by atoms with Crippen molar-refractivity contribution >= 4 is 5.91 Å². The molecule has 1 saturated heterocycles. The van der Waals surface area contributed by atoms with Gasteiger partial charge in [0.2, 0.25) is 0 Å². The van der Waals surface area contributed by atoms with E-state index < -0.39 is 0 Å². The van der Waals surface area contributed by atoms with Crippen molar-refractivity contribution < 1.29 is 9.53 Å². The first-order valence-corrected chi connectivity index (χ1v) is 6.37. The number of nitrogens with two attached hydrogens (primary N) is 1. The van der Waals surface area contributed by atoms with Gasteiger partial charge in [0.1, 0.15) is 6.10 Å². The lowest BCUT2D eigenvalue weighted by Gasteiger charge is -2.24. The summed E-state index contributed by atoms with van der Waals surface area (Å²) in [5, 5.41) is 0. The standard InChI is InChI=1S/C12H24N2O2/c1-3-5-8-14(4-2)12(15)11-7-6-10(9-13)16-11/h10-11H,3-9,13H2,1-2H3. The fourth-order valence-electron chi connectivity index (χ4n) is 2.04. The topological polar surface area (TPSA) is 55.6 Å². The number of rotatable bonds is 6. The summed E-state index contributed by atoms with van der Waals surface area (Å²) in [7, 11) is 0. The lowest BCUT2D eigenvalue weighted by atomic mass is 10.1. The normalized spacial score (nSPS) is 24.7. The number of amides is 1. The number of ether oxygens (including phenoxy) is 1. The summed E-state index contributed by atoms with van der Waals surface area (Å²) >= 11 is 0. The Morgan fingerprint density at radius 2 is 2.19 bits per heavy atom. The molecule has 1 amide bonds. The zero-order valence-corrected chi connectivity index (χ0v) is 10.4. The molecule has 4 nitrogen and oxygen atoms in total. The molecule has 0 saturated carbocycles. The van der Waals surface area contributed by atoms with Crippen LogP contribution in [0.15, 0.2) is 0 Å². The van der Waals surface area contributed by atoms with Crippen molar-refractivity contribution in [2.45, 2.75) is 51.7 Å². The Morgan fingerprint density at radius 3 is 2.69 bits per heavy atom. The minimum atomic E-state index is -0.245. The molecule has 0 aromatic heterocycles. The predicted octanol–water partition coefficient (Wildman–Crippen LogP) is 1.14. The van der Waals surface area contributed by atoms with E-state index in [-0.39, 0.29) is 18.1 Å². The monoisotopic (exact) mass is 228 g/mol. The number of carbonyl (C=O) groups excluding carboxylic acids is 1. The third-order valence-electron chi connectivity index (χ3n) is 3.12. The molecule has 0 spiro atoms. The maximum atomic E-state index is 12.1. The average molecular weight is 228 g/mol. The second kappa shape index (κ2) is 6.86. The average Bonchev–Trinajstić information content (AvgIpc) is 2.78. The molecule has 2 atom stereocenters. The first-order chi connectivity index (χ1) is 7.72. The fourth-order valence-corrected chi connectivity index (χ4v) is 2.04. The van der Waals surface area contributed by atoms with Crippen LogP contribution in [0, 0.1) is 0 Å². The maximum Gasteiger partial charge on any atom is 0.251 e. The first-order valence-electron chi connectivity index (χ1n) is 6.37.